The molecule has 0 atom stereocenters. The Morgan fingerprint density at radius 1 is 1.20 bits per heavy atom. The molecule has 1 aromatic heterocycles. The molecule has 5 nitrogen and oxygen atoms in total. The first-order chi connectivity index (χ1) is 11.8. The van der Waals surface area contributed by atoms with Crippen molar-refractivity contribution < 1.29 is 9.21 Å². The van der Waals surface area contributed by atoms with Crippen molar-refractivity contribution in [3.63, 3.8) is 0 Å². The van der Waals surface area contributed by atoms with E-state index in [4.69, 9.17) is 16.0 Å². The summed E-state index contributed by atoms with van der Waals surface area (Å²) in [6.07, 6.45) is 0.316. The van der Waals surface area contributed by atoms with E-state index in [1.165, 1.54) is 4.57 Å². The molecule has 0 aliphatic carbocycles. The van der Waals surface area contributed by atoms with E-state index in [1.807, 2.05) is 38.1 Å². The van der Waals surface area contributed by atoms with Crippen LogP contribution in [0.1, 0.15) is 25.8 Å². The largest absolute Gasteiger partial charge is 0.419 e. The molecule has 0 spiro atoms. The van der Waals surface area contributed by atoms with Gasteiger partial charge in [-0.2, -0.15) is 0 Å². The van der Waals surface area contributed by atoms with Gasteiger partial charge in [-0.05, 0) is 41.3 Å². The van der Waals surface area contributed by atoms with Gasteiger partial charge < -0.3 is 9.73 Å². The van der Waals surface area contributed by atoms with Crippen molar-refractivity contribution in [2.24, 2.45) is 7.05 Å². The molecular formula is C19H19ClN2O3. The van der Waals surface area contributed by atoms with E-state index >= 15 is 0 Å². The maximum absolute atomic E-state index is 12.5. The van der Waals surface area contributed by atoms with Crippen molar-refractivity contribution in [2.45, 2.75) is 25.7 Å². The van der Waals surface area contributed by atoms with Crippen molar-refractivity contribution in [3.05, 3.63) is 63.6 Å². The van der Waals surface area contributed by atoms with Crippen LogP contribution in [0, 0.1) is 0 Å². The molecule has 1 N–H and O–H groups in total. The van der Waals surface area contributed by atoms with Gasteiger partial charge >= 0.3 is 5.76 Å². The monoisotopic (exact) mass is 358 g/mol. The number of rotatable bonds is 4. The SMILES string of the molecule is Cn1c(=O)oc2ccc(NC(=O)CC(C)(C)c3ccc(Cl)cc3)cc21. The Kier molecular flexibility index (Phi) is 4.43. The Morgan fingerprint density at radius 2 is 1.88 bits per heavy atom. The fourth-order valence-corrected chi connectivity index (χ4v) is 2.94. The normalized spacial score (nSPS) is 11.7. The van der Waals surface area contributed by atoms with Gasteiger partial charge in [-0.1, -0.05) is 37.6 Å². The Bertz CT molecular complexity index is 984. The van der Waals surface area contributed by atoms with Crippen molar-refractivity contribution in [1.29, 1.82) is 0 Å². The zero-order valence-electron chi connectivity index (χ0n) is 14.3. The minimum Gasteiger partial charge on any atom is -0.408 e. The second kappa shape index (κ2) is 6.41. The summed E-state index contributed by atoms with van der Waals surface area (Å²) in [5.74, 6) is -0.532. The molecule has 3 aromatic rings. The first-order valence-corrected chi connectivity index (χ1v) is 8.29. The molecule has 0 aliphatic rings. The zero-order valence-corrected chi connectivity index (χ0v) is 15.1. The molecule has 6 heteroatoms. The lowest BCUT2D eigenvalue weighted by molar-refractivity contribution is -0.117. The van der Waals surface area contributed by atoms with Gasteiger partial charge in [0, 0.05) is 24.2 Å². The fourth-order valence-electron chi connectivity index (χ4n) is 2.81. The summed E-state index contributed by atoms with van der Waals surface area (Å²) in [5.41, 5.74) is 2.47. The molecule has 0 saturated heterocycles. The lowest BCUT2D eigenvalue weighted by Crippen LogP contribution is -2.25. The number of aryl methyl sites for hydroxylation is 1. The highest BCUT2D eigenvalue weighted by Gasteiger charge is 2.24. The van der Waals surface area contributed by atoms with Crippen molar-refractivity contribution in [1.82, 2.24) is 4.57 Å². The molecule has 0 radical (unpaired) electrons. The number of amides is 1. The van der Waals surface area contributed by atoms with Crippen LogP contribution in [0.3, 0.4) is 0 Å². The lowest BCUT2D eigenvalue weighted by atomic mass is 9.81. The second-order valence-corrected chi connectivity index (χ2v) is 7.16. The average Bonchev–Trinajstić information content (AvgIpc) is 2.82. The summed E-state index contributed by atoms with van der Waals surface area (Å²) in [7, 11) is 1.63. The molecule has 1 heterocycles. The van der Waals surface area contributed by atoms with Gasteiger partial charge in [-0.25, -0.2) is 4.79 Å². The maximum atomic E-state index is 12.5. The van der Waals surface area contributed by atoms with Gasteiger partial charge in [-0.3, -0.25) is 9.36 Å². The Labute approximate surface area is 150 Å². The minimum absolute atomic E-state index is 0.104. The highest BCUT2D eigenvalue weighted by Crippen LogP contribution is 2.29. The summed E-state index contributed by atoms with van der Waals surface area (Å²) in [6.45, 7) is 4.03. The summed E-state index contributed by atoms with van der Waals surface area (Å²) >= 11 is 5.93. The van der Waals surface area contributed by atoms with E-state index in [0.29, 0.717) is 28.2 Å². The number of nitrogens with zero attached hydrogens (tertiary/aromatic N) is 1. The Balaban J connectivity index is 1.76. The second-order valence-electron chi connectivity index (χ2n) is 6.73. The molecule has 2 aromatic carbocycles. The molecule has 0 bridgehead atoms. The van der Waals surface area contributed by atoms with E-state index in [1.54, 1.807) is 25.2 Å². The topological polar surface area (TPSA) is 64.2 Å². The van der Waals surface area contributed by atoms with Gasteiger partial charge in [0.05, 0.1) is 5.52 Å². The molecular weight excluding hydrogens is 340 g/mol. The third-order valence-corrected chi connectivity index (χ3v) is 4.56. The van der Waals surface area contributed by atoms with Gasteiger partial charge in [-0.15, -0.1) is 0 Å². The van der Waals surface area contributed by atoms with Gasteiger partial charge in [0.1, 0.15) is 0 Å². The molecule has 130 valence electrons. The third-order valence-electron chi connectivity index (χ3n) is 4.30. The van der Waals surface area contributed by atoms with Crippen LogP contribution in [0.25, 0.3) is 11.1 Å². The van der Waals surface area contributed by atoms with Crippen LogP contribution in [-0.2, 0) is 17.3 Å². The third kappa shape index (κ3) is 3.61. The van der Waals surface area contributed by atoms with E-state index in [0.717, 1.165) is 5.56 Å². The van der Waals surface area contributed by atoms with Crippen LogP contribution in [0.15, 0.2) is 51.7 Å². The average molecular weight is 359 g/mol. The first kappa shape index (κ1) is 17.3. The molecule has 25 heavy (non-hydrogen) atoms. The standard InChI is InChI=1S/C19H19ClN2O3/c1-19(2,12-4-6-13(20)7-5-12)11-17(23)21-14-8-9-16-15(10-14)22(3)18(24)25-16/h4-10H,11H2,1-3H3,(H,21,23). The first-order valence-electron chi connectivity index (χ1n) is 7.92. The van der Waals surface area contributed by atoms with Crippen LogP contribution in [0.5, 0.6) is 0 Å². The predicted octanol–water partition coefficient (Wildman–Crippen LogP) is 4.09. The summed E-state index contributed by atoms with van der Waals surface area (Å²) in [4.78, 5) is 24.0. The van der Waals surface area contributed by atoms with Gasteiger partial charge in [0.25, 0.3) is 0 Å². The number of carbonyl (C=O) groups excluding carboxylic acids is 1. The molecule has 0 unspecified atom stereocenters. The lowest BCUT2D eigenvalue weighted by Gasteiger charge is -2.24. The van der Waals surface area contributed by atoms with Crippen LogP contribution >= 0.6 is 11.6 Å². The molecule has 3 rings (SSSR count). The number of nitrogens with one attached hydrogen (secondary N) is 1. The van der Waals surface area contributed by atoms with Crippen LogP contribution in [-0.4, -0.2) is 10.5 Å². The molecule has 0 aliphatic heterocycles. The van der Waals surface area contributed by atoms with E-state index in [9.17, 15) is 9.59 Å². The van der Waals surface area contributed by atoms with Crippen molar-refractivity contribution >= 4 is 34.3 Å². The smallest absolute Gasteiger partial charge is 0.408 e. The van der Waals surface area contributed by atoms with Crippen molar-refractivity contribution in [2.75, 3.05) is 5.32 Å². The predicted molar refractivity (Wildman–Crippen MR) is 99.2 cm³/mol. The molecule has 0 saturated carbocycles. The number of hydrogen-bond donors (Lipinski definition) is 1. The highest BCUT2D eigenvalue weighted by molar-refractivity contribution is 6.30. The number of aromatic nitrogens is 1. The number of fused-ring (bicyclic) bond motifs is 1. The number of oxazole rings is 1. The summed E-state index contributed by atoms with van der Waals surface area (Å²) in [6, 6.07) is 12.6. The number of halogens is 1. The van der Waals surface area contributed by atoms with E-state index in [2.05, 4.69) is 5.32 Å². The van der Waals surface area contributed by atoms with Crippen LogP contribution in [0.4, 0.5) is 5.69 Å². The quantitative estimate of drug-likeness (QED) is 0.763. The van der Waals surface area contributed by atoms with Crippen LogP contribution in [0.2, 0.25) is 5.02 Å². The zero-order chi connectivity index (χ0) is 18.2. The highest BCUT2D eigenvalue weighted by atomic mass is 35.5. The van der Waals surface area contributed by atoms with Gasteiger partial charge in [0.15, 0.2) is 5.58 Å². The Morgan fingerprint density at radius 3 is 2.56 bits per heavy atom. The van der Waals surface area contributed by atoms with E-state index < -0.39 is 5.76 Å². The Hall–Kier alpha value is -2.53. The molecule has 1 amide bonds. The number of anilines is 1. The molecule has 0 fully saturated rings. The van der Waals surface area contributed by atoms with Crippen molar-refractivity contribution in [3.8, 4) is 0 Å². The number of hydrogen-bond acceptors (Lipinski definition) is 3. The van der Waals surface area contributed by atoms with Crippen LogP contribution < -0.4 is 11.1 Å². The minimum atomic E-state index is -0.428. The van der Waals surface area contributed by atoms with E-state index in [-0.39, 0.29) is 11.3 Å². The summed E-state index contributed by atoms with van der Waals surface area (Å²) in [5, 5.41) is 3.56. The maximum Gasteiger partial charge on any atom is 0.419 e. The number of benzene rings is 2. The van der Waals surface area contributed by atoms with Gasteiger partial charge in [0.2, 0.25) is 5.91 Å². The number of carbonyl (C=O) groups is 1. The fraction of sp³-hybridized carbons (Fsp3) is 0.263. The summed E-state index contributed by atoms with van der Waals surface area (Å²) < 4.78 is 6.50.